The number of hydrogen-bond donors (Lipinski definition) is 2. The van der Waals surface area contributed by atoms with E-state index in [2.05, 4.69) is 9.47 Å². The normalized spacial score (nSPS) is 15.6. The van der Waals surface area contributed by atoms with E-state index in [1.807, 2.05) is 0 Å². The van der Waals surface area contributed by atoms with Gasteiger partial charge in [-0.1, -0.05) is 0 Å². The third-order valence-electron chi connectivity index (χ3n) is 0.927. The van der Waals surface area contributed by atoms with Gasteiger partial charge < -0.3 is 19.7 Å². The maximum atomic E-state index is 10.5. The van der Waals surface area contributed by atoms with Gasteiger partial charge in [0.05, 0.1) is 0 Å². The Morgan fingerprint density at radius 2 is 2.09 bits per heavy atom. The fraction of sp³-hybridized carbons (Fsp3) is 0.833. The van der Waals surface area contributed by atoms with Crippen molar-refractivity contribution in [2.45, 2.75) is 19.3 Å². The third kappa shape index (κ3) is 4.72. The van der Waals surface area contributed by atoms with E-state index >= 15 is 0 Å². The molecule has 2 unspecified atom stereocenters. The number of carbonyl (C=O) groups is 1. The van der Waals surface area contributed by atoms with Crippen LogP contribution in [0.4, 0.5) is 0 Å². The quantitative estimate of drug-likeness (QED) is 0.406. The first-order valence-corrected chi connectivity index (χ1v) is 3.12. The van der Waals surface area contributed by atoms with Gasteiger partial charge in [-0.15, -0.1) is 0 Å². The Labute approximate surface area is 64.5 Å². The van der Waals surface area contributed by atoms with E-state index in [0.717, 1.165) is 0 Å². The zero-order valence-electron chi connectivity index (χ0n) is 6.48. The van der Waals surface area contributed by atoms with Crippen LogP contribution < -0.4 is 0 Å². The van der Waals surface area contributed by atoms with Crippen molar-refractivity contribution in [2.75, 3.05) is 13.7 Å². The molecule has 0 saturated carbocycles. The van der Waals surface area contributed by atoms with Crippen LogP contribution in [0.15, 0.2) is 0 Å². The number of rotatable bonds is 4. The highest BCUT2D eigenvalue weighted by atomic mass is 16.7. The van der Waals surface area contributed by atoms with Crippen LogP contribution in [0.25, 0.3) is 0 Å². The summed E-state index contributed by atoms with van der Waals surface area (Å²) in [5.74, 6) is -0.707. The molecule has 0 rings (SSSR count). The van der Waals surface area contributed by atoms with Crippen LogP contribution in [0.2, 0.25) is 0 Å². The van der Waals surface area contributed by atoms with Crippen molar-refractivity contribution in [3.8, 4) is 0 Å². The topological polar surface area (TPSA) is 76.0 Å². The Bertz CT molecular complexity index is 122. The van der Waals surface area contributed by atoms with Gasteiger partial charge in [-0.25, -0.2) is 4.79 Å². The summed E-state index contributed by atoms with van der Waals surface area (Å²) in [6.45, 7) is 1.08. The van der Waals surface area contributed by atoms with Gasteiger partial charge in [0.25, 0.3) is 0 Å². The molecular weight excluding hydrogens is 152 g/mol. The average Bonchev–Trinajstić information content (AvgIpc) is 1.87. The van der Waals surface area contributed by atoms with Gasteiger partial charge >= 0.3 is 5.97 Å². The highest BCUT2D eigenvalue weighted by molar-refractivity contribution is 5.70. The second-order valence-corrected chi connectivity index (χ2v) is 2.05. The van der Waals surface area contributed by atoms with Crippen molar-refractivity contribution in [3.63, 3.8) is 0 Å². The van der Waals surface area contributed by atoms with Crippen molar-refractivity contribution < 1.29 is 24.5 Å². The second-order valence-electron chi connectivity index (χ2n) is 2.05. The number of hydrogen-bond acceptors (Lipinski definition) is 5. The first-order chi connectivity index (χ1) is 5.07. The van der Waals surface area contributed by atoms with E-state index in [1.54, 1.807) is 0 Å². The van der Waals surface area contributed by atoms with Crippen molar-refractivity contribution in [3.05, 3.63) is 0 Å². The van der Waals surface area contributed by atoms with Gasteiger partial charge in [0.2, 0.25) is 6.29 Å². The molecule has 0 aliphatic heterocycles. The van der Waals surface area contributed by atoms with Gasteiger partial charge in [-0.05, 0) is 6.92 Å². The van der Waals surface area contributed by atoms with Crippen LogP contribution in [-0.4, -0.2) is 42.3 Å². The summed E-state index contributed by atoms with van der Waals surface area (Å²) < 4.78 is 8.71. The lowest BCUT2D eigenvalue weighted by molar-refractivity contribution is -0.187. The fourth-order valence-electron chi connectivity index (χ4n) is 0.385. The Balaban J connectivity index is 3.57. The van der Waals surface area contributed by atoms with Gasteiger partial charge in [0, 0.05) is 7.11 Å². The van der Waals surface area contributed by atoms with Crippen LogP contribution in [0, 0.1) is 0 Å². The van der Waals surface area contributed by atoms with Gasteiger partial charge in [-0.2, -0.15) is 0 Å². The maximum Gasteiger partial charge on any atom is 0.334 e. The average molecular weight is 164 g/mol. The molecular formula is C6H12O5. The summed E-state index contributed by atoms with van der Waals surface area (Å²) in [4.78, 5) is 10.5. The number of methoxy groups -OCH3 is 1. The highest BCUT2D eigenvalue weighted by Gasteiger charge is 2.15. The van der Waals surface area contributed by atoms with Gasteiger partial charge in [0.1, 0.15) is 12.7 Å². The molecule has 0 fully saturated rings. The summed E-state index contributed by atoms with van der Waals surface area (Å²) in [7, 11) is 1.33. The molecule has 0 saturated heterocycles. The van der Waals surface area contributed by atoms with E-state index < -0.39 is 18.4 Å². The molecule has 0 aromatic heterocycles. The monoisotopic (exact) mass is 164 g/mol. The molecule has 0 radical (unpaired) electrons. The van der Waals surface area contributed by atoms with Crippen molar-refractivity contribution in [2.24, 2.45) is 0 Å². The van der Waals surface area contributed by atoms with Crippen LogP contribution in [0.3, 0.4) is 0 Å². The van der Waals surface area contributed by atoms with Crippen LogP contribution >= 0.6 is 0 Å². The Morgan fingerprint density at radius 1 is 1.55 bits per heavy atom. The minimum absolute atomic E-state index is 0.232. The number of aliphatic hydroxyl groups excluding tert-OH is 2. The smallest absolute Gasteiger partial charge is 0.334 e. The predicted octanol–water partition coefficient (Wildman–Crippen LogP) is -1.12. The highest BCUT2D eigenvalue weighted by Crippen LogP contribution is 1.94. The van der Waals surface area contributed by atoms with E-state index in [-0.39, 0.29) is 6.61 Å². The van der Waals surface area contributed by atoms with Crippen LogP contribution in [0.5, 0.6) is 0 Å². The summed E-state index contributed by atoms with van der Waals surface area (Å²) in [5.41, 5.74) is 0. The molecule has 0 heterocycles. The number of carbonyl (C=O) groups excluding carboxylic acids is 1. The lowest BCUT2D eigenvalue weighted by Crippen LogP contribution is -2.29. The van der Waals surface area contributed by atoms with E-state index in [1.165, 1.54) is 14.0 Å². The van der Waals surface area contributed by atoms with Gasteiger partial charge in [0.15, 0.2) is 0 Å². The molecule has 0 amide bonds. The fourth-order valence-corrected chi connectivity index (χ4v) is 0.385. The maximum absolute atomic E-state index is 10.5. The molecule has 0 spiro atoms. The largest absolute Gasteiger partial charge is 0.431 e. The minimum atomic E-state index is -1.47. The van der Waals surface area contributed by atoms with E-state index in [9.17, 15) is 4.79 Å². The molecule has 0 aliphatic rings. The molecule has 66 valence electrons. The standard InChI is InChI=1S/C6H12O5/c1-4(7)6(9)11-5(8)3-10-2/h4,6-7,9H,3H2,1-2H3. The predicted molar refractivity (Wildman–Crippen MR) is 35.7 cm³/mol. The molecule has 2 atom stereocenters. The zero-order valence-corrected chi connectivity index (χ0v) is 6.48. The van der Waals surface area contributed by atoms with Crippen LogP contribution in [0.1, 0.15) is 6.92 Å². The van der Waals surface area contributed by atoms with Crippen molar-refractivity contribution >= 4 is 5.97 Å². The van der Waals surface area contributed by atoms with Crippen LogP contribution in [-0.2, 0) is 14.3 Å². The van der Waals surface area contributed by atoms with Crippen molar-refractivity contribution in [1.29, 1.82) is 0 Å². The molecule has 11 heavy (non-hydrogen) atoms. The molecule has 0 aliphatic carbocycles. The molecule has 2 N–H and O–H groups in total. The Morgan fingerprint density at radius 3 is 2.45 bits per heavy atom. The summed E-state index contributed by atoms with van der Waals surface area (Å²) >= 11 is 0. The van der Waals surface area contributed by atoms with Gasteiger partial charge in [-0.3, -0.25) is 0 Å². The van der Waals surface area contributed by atoms with E-state index in [4.69, 9.17) is 10.2 Å². The third-order valence-corrected chi connectivity index (χ3v) is 0.927. The molecule has 0 aromatic rings. The lowest BCUT2D eigenvalue weighted by Gasteiger charge is -2.13. The molecule has 5 nitrogen and oxygen atoms in total. The molecule has 0 aromatic carbocycles. The number of aliphatic hydroxyl groups is 2. The Kier molecular flexibility index (Phi) is 4.76. The van der Waals surface area contributed by atoms with Crippen molar-refractivity contribution in [1.82, 2.24) is 0 Å². The Hall–Kier alpha value is -0.650. The number of ether oxygens (including phenoxy) is 2. The molecule has 0 bridgehead atoms. The minimum Gasteiger partial charge on any atom is -0.431 e. The summed E-state index contributed by atoms with van der Waals surface area (Å²) in [6.07, 6.45) is -2.56. The first-order valence-electron chi connectivity index (χ1n) is 3.12. The van der Waals surface area contributed by atoms with E-state index in [0.29, 0.717) is 0 Å². The summed E-state index contributed by atoms with van der Waals surface area (Å²) in [5, 5.41) is 17.4. The molecule has 5 heteroatoms. The second kappa shape index (κ2) is 5.06. The summed E-state index contributed by atoms with van der Waals surface area (Å²) in [6, 6.07) is 0. The first kappa shape index (κ1) is 10.3. The lowest BCUT2D eigenvalue weighted by atomic mass is 10.4. The zero-order chi connectivity index (χ0) is 8.85. The SMILES string of the molecule is COCC(=O)OC(O)C(C)O. The number of esters is 1.